The third-order valence-corrected chi connectivity index (χ3v) is 5.48. The minimum atomic E-state index is -0.433. The number of carbonyl (C=O) groups excluding carboxylic acids is 1. The number of phenols is 1. The Morgan fingerprint density at radius 3 is 2.57 bits per heavy atom. The number of hydrogen-bond donors (Lipinski definition) is 2. The molecule has 2 aliphatic carbocycles. The van der Waals surface area contributed by atoms with Crippen LogP contribution in [-0.4, -0.2) is 29.2 Å². The first-order valence-corrected chi connectivity index (χ1v) is 8.32. The van der Waals surface area contributed by atoms with Crippen molar-refractivity contribution in [3.8, 4) is 5.75 Å². The minimum Gasteiger partial charge on any atom is -0.511 e. The van der Waals surface area contributed by atoms with Crippen LogP contribution in [0, 0.1) is 5.41 Å². The van der Waals surface area contributed by atoms with E-state index >= 15 is 0 Å². The number of aryl methyl sites for hydroxylation is 1. The van der Waals surface area contributed by atoms with Gasteiger partial charge in [-0.3, -0.25) is 4.79 Å². The second-order valence-corrected chi connectivity index (χ2v) is 6.73. The predicted octanol–water partition coefficient (Wildman–Crippen LogP) is 3.77. The van der Waals surface area contributed by atoms with Crippen molar-refractivity contribution < 1.29 is 19.7 Å². The van der Waals surface area contributed by atoms with Crippen molar-refractivity contribution >= 4 is 11.4 Å². The highest BCUT2D eigenvalue weighted by Gasteiger charge is 2.48. The fourth-order valence-electron chi connectivity index (χ4n) is 4.05. The Hall–Kier alpha value is -1.81. The number of ketones is 1. The van der Waals surface area contributed by atoms with Gasteiger partial charge >= 0.3 is 0 Å². The van der Waals surface area contributed by atoms with E-state index in [1.54, 1.807) is 19.2 Å². The van der Waals surface area contributed by atoms with Crippen LogP contribution in [0.4, 0.5) is 0 Å². The third kappa shape index (κ3) is 2.65. The number of ether oxygens (including phenoxy) is 1. The van der Waals surface area contributed by atoms with Gasteiger partial charge in [0, 0.05) is 18.9 Å². The van der Waals surface area contributed by atoms with Gasteiger partial charge in [0.25, 0.3) is 0 Å². The molecule has 1 fully saturated rings. The molecular weight excluding hydrogens is 292 g/mol. The van der Waals surface area contributed by atoms with E-state index in [0.717, 1.165) is 37.7 Å². The van der Waals surface area contributed by atoms with Gasteiger partial charge in [0.05, 0.1) is 11.7 Å². The van der Waals surface area contributed by atoms with Crippen LogP contribution in [0.15, 0.2) is 24.0 Å². The lowest BCUT2D eigenvalue weighted by Gasteiger charge is -2.36. The maximum absolute atomic E-state index is 12.7. The van der Waals surface area contributed by atoms with Gasteiger partial charge in [-0.15, -0.1) is 0 Å². The monoisotopic (exact) mass is 316 g/mol. The SMILES string of the molecule is CCc1ccc(O)cc1C1=C(O)C2(CCC(OC)CC2)CC1=O. The van der Waals surface area contributed by atoms with Gasteiger partial charge in [0.15, 0.2) is 5.78 Å². The number of Topliss-reactive ketones (excluding diaryl/α,β-unsaturated/α-hetero) is 1. The Morgan fingerprint density at radius 1 is 1.26 bits per heavy atom. The molecule has 2 N–H and O–H groups in total. The summed E-state index contributed by atoms with van der Waals surface area (Å²) in [7, 11) is 1.71. The number of aromatic hydroxyl groups is 1. The summed E-state index contributed by atoms with van der Waals surface area (Å²) in [5, 5.41) is 20.7. The summed E-state index contributed by atoms with van der Waals surface area (Å²) >= 11 is 0. The van der Waals surface area contributed by atoms with E-state index < -0.39 is 5.41 Å². The van der Waals surface area contributed by atoms with Gasteiger partial charge in [-0.25, -0.2) is 0 Å². The molecule has 124 valence electrons. The second kappa shape index (κ2) is 6.00. The standard InChI is InChI=1S/C19H24O4/c1-3-12-4-5-13(20)10-15(12)17-16(21)11-19(18(17)22)8-6-14(23-2)7-9-19/h4-5,10,14,20,22H,3,6-9,11H2,1-2H3. The van der Waals surface area contributed by atoms with E-state index in [2.05, 4.69) is 0 Å². The van der Waals surface area contributed by atoms with Crippen LogP contribution in [0.5, 0.6) is 5.75 Å². The van der Waals surface area contributed by atoms with E-state index in [0.29, 0.717) is 17.6 Å². The summed E-state index contributed by atoms with van der Waals surface area (Å²) in [5.41, 5.74) is 1.63. The molecule has 1 aromatic rings. The number of allylic oxidation sites excluding steroid dienone is 2. The Kier molecular flexibility index (Phi) is 4.19. The first kappa shape index (κ1) is 16.1. The van der Waals surface area contributed by atoms with E-state index in [-0.39, 0.29) is 23.4 Å². The fourth-order valence-corrected chi connectivity index (χ4v) is 4.05. The Labute approximate surface area is 136 Å². The van der Waals surface area contributed by atoms with E-state index in [9.17, 15) is 15.0 Å². The molecule has 1 saturated carbocycles. The van der Waals surface area contributed by atoms with Crippen LogP contribution < -0.4 is 0 Å². The number of benzene rings is 1. The molecule has 0 atom stereocenters. The molecule has 0 radical (unpaired) electrons. The molecule has 4 nitrogen and oxygen atoms in total. The van der Waals surface area contributed by atoms with Gasteiger partial charge < -0.3 is 14.9 Å². The van der Waals surface area contributed by atoms with Crippen LogP contribution in [0.3, 0.4) is 0 Å². The van der Waals surface area contributed by atoms with E-state index in [1.807, 2.05) is 13.0 Å². The molecule has 4 heteroatoms. The van der Waals surface area contributed by atoms with Crippen molar-refractivity contribution in [1.82, 2.24) is 0 Å². The lowest BCUT2D eigenvalue weighted by atomic mass is 9.71. The number of phenolic OH excluding ortho intramolecular Hbond substituents is 1. The molecule has 0 aromatic heterocycles. The summed E-state index contributed by atoms with van der Waals surface area (Å²) in [6.07, 6.45) is 4.60. The molecule has 0 heterocycles. The molecule has 0 aliphatic heterocycles. The smallest absolute Gasteiger partial charge is 0.167 e. The summed E-state index contributed by atoms with van der Waals surface area (Å²) in [6, 6.07) is 5.05. The molecule has 3 rings (SSSR count). The minimum absolute atomic E-state index is 0.0151. The quantitative estimate of drug-likeness (QED) is 0.891. The molecule has 0 unspecified atom stereocenters. The average Bonchev–Trinajstić information content (AvgIpc) is 2.78. The maximum Gasteiger partial charge on any atom is 0.167 e. The zero-order valence-electron chi connectivity index (χ0n) is 13.8. The molecule has 1 spiro atoms. The number of aliphatic hydroxyl groups excluding tert-OH is 1. The van der Waals surface area contributed by atoms with Gasteiger partial charge in [0.2, 0.25) is 0 Å². The Balaban J connectivity index is 2.02. The number of rotatable bonds is 3. The summed E-state index contributed by atoms with van der Waals surface area (Å²) in [5.74, 6) is 0.324. The highest BCUT2D eigenvalue weighted by atomic mass is 16.5. The number of methoxy groups -OCH3 is 1. The molecular formula is C19H24O4. The van der Waals surface area contributed by atoms with Gasteiger partial charge in [0.1, 0.15) is 11.5 Å². The predicted molar refractivity (Wildman–Crippen MR) is 88.4 cm³/mol. The molecule has 0 amide bonds. The van der Waals surface area contributed by atoms with Crippen LogP contribution in [-0.2, 0) is 16.0 Å². The maximum atomic E-state index is 12.7. The van der Waals surface area contributed by atoms with Crippen molar-refractivity contribution in [3.63, 3.8) is 0 Å². The summed E-state index contributed by atoms with van der Waals surface area (Å²) < 4.78 is 5.40. The molecule has 2 aliphatic rings. The molecule has 0 saturated heterocycles. The van der Waals surface area contributed by atoms with Crippen LogP contribution >= 0.6 is 0 Å². The average molecular weight is 316 g/mol. The van der Waals surface area contributed by atoms with Crippen LogP contribution in [0.1, 0.15) is 50.2 Å². The van der Waals surface area contributed by atoms with Crippen molar-refractivity contribution in [2.75, 3.05) is 7.11 Å². The first-order chi connectivity index (χ1) is 11.0. The first-order valence-electron chi connectivity index (χ1n) is 8.32. The van der Waals surface area contributed by atoms with Crippen LogP contribution in [0.2, 0.25) is 0 Å². The number of carbonyl (C=O) groups is 1. The van der Waals surface area contributed by atoms with Crippen molar-refractivity contribution in [1.29, 1.82) is 0 Å². The van der Waals surface area contributed by atoms with Gasteiger partial charge in [-0.05, 0) is 55.4 Å². The van der Waals surface area contributed by atoms with Crippen LogP contribution in [0.25, 0.3) is 5.57 Å². The van der Waals surface area contributed by atoms with Crippen molar-refractivity contribution in [2.45, 2.75) is 51.6 Å². The Bertz CT molecular complexity index is 651. The molecule has 23 heavy (non-hydrogen) atoms. The largest absolute Gasteiger partial charge is 0.511 e. The highest BCUT2D eigenvalue weighted by molar-refractivity contribution is 6.24. The number of hydrogen-bond acceptors (Lipinski definition) is 4. The summed E-state index contributed by atoms with van der Waals surface area (Å²) in [6.45, 7) is 2.01. The summed E-state index contributed by atoms with van der Waals surface area (Å²) in [4.78, 5) is 12.7. The van der Waals surface area contributed by atoms with Gasteiger partial charge in [-0.2, -0.15) is 0 Å². The topological polar surface area (TPSA) is 66.8 Å². The van der Waals surface area contributed by atoms with Crippen molar-refractivity contribution in [3.05, 3.63) is 35.1 Å². The fraction of sp³-hybridized carbons (Fsp3) is 0.526. The number of aliphatic hydroxyl groups is 1. The molecule has 1 aromatic carbocycles. The van der Waals surface area contributed by atoms with E-state index in [4.69, 9.17) is 4.74 Å². The highest BCUT2D eigenvalue weighted by Crippen LogP contribution is 2.52. The van der Waals surface area contributed by atoms with E-state index in [1.165, 1.54) is 0 Å². The zero-order chi connectivity index (χ0) is 16.6. The van der Waals surface area contributed by atoms with Crippen molar-refractivity contribution in [2.24, 2.45) is 5.41 Å². The normalized spacial score (nSPS) is 27.9. The van der Waals surface area contributed by atoms with Gasteiger partial charge in [-0.1, -0.05) is 13.0 Å². The Morgan fingerprint density at radius 2 is 1.96 bits per heavy atom. The third-order valence-electron chi connectivity index (χ3n) is 5.48. The second-order valence-electron chi connectivity index (χ2n) is 6.73. The lowest BCUT2D eigenvalue weighted by Crippen LogP contribution is -2.31. The lowest BCUT2D eigenvalue weighted by molar-refractivity contribution is -0.115. The zero-order valence-corrected chi connectivity index (χ0v) is 13.8. The molecule has 0 bridgehead atoms.